The van der Waals surface area contributed by atoms with Crippen molar-refractivity contribution in [3.63, 3.8) is 0 Å². The zero-order valence-corrected chi connectivity index (χ0v) is 13.1. The molecule has 0 spiro atoms. The predicted molar refractivity (Wildman–Crippen MR) is 87.8 cm³/mol. The number of aryl methyl sites for hydroxylation is 1. The number of benzene rings is 2. The molecule has 2 unspecified atom stereocenters. The van der Waals surface area contributed by atoms with Gasteiger partial charge in [0, 0.05) is 10.6 Å². The fraction of sp³-hybridized carbons (Fsp3) is 0.368. The molecular formula is C19H21ClO. The highest BCUT2D eigenvalue weighted by Gasteiger charge is 2.31. The van der Waals surface area contributed by atoms with Crippen LogP contribution in [-0.4, -0.2) is 5.11 Å². The lowest BCUT2D eigenvalue weighted by Gasteiger charge is -2.33. The lowest BCUT2D eigenvalue weighted by Crippen LogP contribution is -2.26. The summed E-state index contributed by atoms with van der Waals surface area (Å²) in [4.78, 5) is 0. The molecule has 2 heteroatoms. The van der Waals surface area contributed by atoms with E-state index in [2.05, 4.69) is 24.3 Å². The summed E-state index contributed by atoms with van der Waals surface area (Å²) in [5.74, 6) is 0.404. The average molecular weight is 301 g/mol. The van der Waals surface area contributed by atoms with E-state index in [0.717, 1.165) is 18.4 Å². The Kier molecular flexibility index (Phi) is 4.05. The monoisotopic (exact) mass is 300 g/mol. The summed E-state index contributed by atoms with van der Waals surface area (Å²) in [5, 5.41) is 11.6. The van der Waals surface area contributed by atoms with Crippen molar-refractivity contribution >= 4 is 11.6 Å². The number of fused-ring (bicyclic) bond motifs is 1. The van der Waals surface area contributed by atoms with Crippen molar-refractivity contribution in [3.8, 4) is 0 Å². The fourth-order valence-electron chi connectivity index (χ4n) is 3.55. The Morgan fingerprint density at radius 2 is 1.86 bits per heavy atom. The second kappa shape index (κ2) is 5.82. The average Bonchev–Trinajstić information content (AvgIpc) is 2.47. The van der Waals surface area contributed by atoms with Crippen molar-refractivity contribution in [3.05, 3.63) is 70.2 Å². The first-order chi connectivity index (χ1) is 10.1. The van der Waals surface area contributed by atoms with E-state index < -0.39 is 5.60 Å². The van der Waals surface area contributed by atoms with E-state index in [9.17, 15) is 5.11 Å². The first-order valence-electron chi connectivity index (χ1n) is 7.63. The minimum absolute atomic E-state index is 0.404. The smallest absolute Gasteiger partial charge is 0.0888 e. The van der Waals surface area contributed by atoms with Crippen molar-refractivity contribution in [2.75, 3.05) is 0 Å². The molecule has 0 saturated heterocycles. The molecule has 0 heterocycles. The van der Waals surface area contributed by atoms with E-state index in [0.29, 0.717) is 17.4 Å². The summed E-state index contributed by atoms with van der Waals surface area (Å²) in [6.45, 7) is 1.88. The zero-order chi connectivity index (χ0) is 14.9. The molecule has 0 radical (unpaired) electrons. The molecule has 1 aliphatic carbocycles. The lowest BCUT2D eigenvalue weighted by atomic mass is 9.75. The standard InChI is InChI=1S/C19H21ClO/c1-19(21,17-11-4-5-12-18(17)20)13-15-9-6-8-14-7-2-3-10-16(14)15/h2-5,7,10-12,15,21H,6,8-9,13H2,1H3. The van der Waals surface area contributed by atoms with Crippen LogP contribution in [0.25, 0.3) is 0 Å². The van der Waals surface area contributed by atoms with Gasteiger partial charge in [-0.3, -0.25) is 0 Å². The third-order valence-corrected chi connectivity index (χ3v) is 4.92. The highest BCUT2D eigenvalue weighted by Crippen LogP contribution is 2.41. The highest BCUT2D eigenvalue weighted by molar-refractivity contribution is 6.31. The van der Waals surface area contributed by atoms with Gasteiger partial charge in [-0.05, 0) is 55.7 Å². The van der Waals surface area contributed by atoms with E-state index in [1.54, 1.807) is 0 Å². The maximum Gasteiger partial charge on any atom is 0.0888 e. The Hall–Kier alpha value is -1.31. The fourth-order valence-corrected chi connectivity index (χ4v) is 3.89. The van der Waals surface area contributed by atoms with Crippen LogP contribution in [-0.2, 0) is 12.0 Å². The van der Waals surface area contributed by atoms with Crippen molar-refractivity contribution in [2.45, 2.75) is 44.1 Å². The molecule has 1 N–H and O–H groups in total. The van der Waals surface area contributed by atoms with Crippen LogP contribution in [0.1, 0.15) is 48.8 Å². The minimum Gasteiger partial charge on any atom is -0.385 e. The Bertz CT molecular complexity index is 633. The van der Waals surface area contributed by atoms with Crippen LogP contribution in [0.4, 0.5) is 0 Å². The molecule has 0 saturated carbocycles. The van der Waals surface area contributed by atoms with Crippen LogP contribution in [0.15, 0.2) is 48.5 Å². The molecule has 2 aromatic rings. The topological polar surface area (TPSA) is 20.2 Å². The summed E-state index contributed by atoms with van der Waals surface area (Å²) in [5.41, 5.74) is 2.77. The van der Waals surface area contributed by atoms with Gasteiger partial charge in [0.05, 0.1) is 5.60 Å². The van der Waals surface area contributed by atoms with Gasteiger partial charge in [-0.2, -0.15) is 0 Å². The maximum absolute atomic E-state index is 11.0. The molecule has 2 atom stereocenters. The number of aliphatic hydroxyl groups is 1. The number of hydrogen-bond donors (Lipinski definition) is 1. The van der Waals surface area contributed by atoms with E-state index in [-0.39, 0.29) is 0 Å². The minimum atomic E-state index is -0.895. The Labute approximate surface area is 131 Å². The highest BCUT2D eigenvalue weighted by atomic mass is 35.5. The molecule has 0 bridgehead atoms. The van der Waals surface area contributed by atoms with Crippen molar-refractivity contribution < 1.29 is 5.11 Å². The largest absolute Gasteiger partial charge is 0.385 e. The van der Waals surface area contributed by atoms with Gasteiger partial charge in [0.2, 0.25) is 0 Å². The van der Waals surface area contributed by atoms with Crippen LogP contribution in [0.3, 0.4) is 0 Å². The van der Waals surface area contributed by atoms with Gasteiger partial charge in [0.15, 0.2) is 0 Å². The van der Waals surface area contributed by atoms with Gasteiger partial charge in [0.1, 0.15) is 0 Å². The summed E-state index contributed by atoms with van der Waals surface area (Å²) in [7, 11) is 0. The SMILES string of the molecule is CC(O)(CC1CCCc2ccccc21)c1ccccc1Cl. The number of hydrogen-bond acceptors (Lipinski definition) is 1. The quantitative estimate of drug-likeness (QED) is 0.840. The van der Waals surface area contributed by atoms with Gasteiger partial charge in [0.25, 0.3) is 0 Å². The molecule has 1 aliphatic rings. The second-order valence-electron chi connectivity index (χ2n) is 6.25. The van der Waals surface area contributed by atoms with Gasteiger partial charge in [-0.25, -0.2) is 0 Å². The van der Waals surface area contributed by atoms with E-state index >= 15 is 0 Å². The molecule has 2 aromatic carbocycles. The third-order valence-electron chi connectivity index (χ3n) is 4.59. The van der Waals surface area contributed by atoms with Gasteiger partial charge in [-0.1, -0.05) is 54.1 Å². The molecule has 110 valence electrons. The first kappa shape index (κ1) is 14.6. The summed E-state index contributed by atoms with van der Waals surface area (Å²) in [6.07, 6.45) is 4.20. The maximum atomic E-state index is 11.0. The Morgan fingerprint density at radius 3 is 2.67 bits per heavy atom. The molecule has 3 rings (SSSR count). The van der Waals surface area contributed by atoms with Crippen LogP contribution in [0, 0.1) is 0 Å². The molecular weight excluding hydrogens is 280 g/mol. The second-order valence-corrected chi connectivity index (χ2v) is 6.65. The molecule has 21 heavy (non-hydrogen) atoms. The van der Waals surface area contributed by atoms with Crippen LogP contribution >= 0.6 is 11.6 Å². The summed E-state index contributed by atoms with van der Waals surface area (Å²) in [6, 6.07) is 16.2. The molecule has 0 amide bonds. The summed E-state index contributed by atoms with van der Waals surface area (Å²) >= 11 is 6.27. The Morgan fingerprint density at radius 1 is 1.14 bits per heavy atom. The molecule has 0 aliphatic heterocycles. The lowest BCUT2D eigenvalue weighted by molar-refractivity contribution is 0.0381. The van der Waals surface area contributed by atoms with Crippen LogP contribution in [0.5, 0.6) is 0 Å². The van der Waals surface area contributed by atoms with Crippen molar-refractivity contribution in [1.29, 1.82) is 0 Å². The first-order valence-corrected chi connectivity index (χ1v) is 8.01. The zero-order valence-electron chi connectivity index (χ0n) is 12.3. The van der Waals surface area contributed by atoms with Crippen molar-refractivity contribution in [2.24, 2.45) is 0 Å². The van der Waals surface area contributed by atoms with E-state index in [1.165, 1.54) is 17.5 Å². The van der Waals surface area contributed by atoms with Crippen molar-refractivity contribution in [1.82, 2.24) is 0 Å². The Balaban J connectivity index is 1.89. The van der Waals surface area contributed by atoms with Crippen LogP contribution < -0.4 is 0 Å². The normalized spacial score (nSPS) is 20.6. The molecule has 1 nitrogen and oxygen atoms in total. The van der Waals surface area contributed by atoms with Gasteiger partial charge < -0.3 is 5.11 Å². The number of rotatable bonds is 3. The number of halogens is 1. The van der Waals surface area contributed by atoms with Gasteiger partial charge >= 0.3 is 0 Å². The molecule has 0 aromatic heterocycles. The predicted octanol–water partition coefficient (Wildman–Crippen LogP) is 5.06. The third kappa shape index (κ3) is 3.00. The van der Waals surface area contributed by atoms with E-state index in [4.69, 9.17) is 11.6 Å². The van der Waals surface area contributed by atoms with Crippen LogP contribution in [0.2, 0.25) is 5.02 Å². The molecule has 0 fully saturated rings. The van der Waals surface area contributed by atoms with E-state index in [1.807, 2.05) is 31.2 Å². The van der Waals surface area contributed by atoms with Gasteiger partial charge in [-0.15, -0.1) is 0 Å². The summed E-state index contributed by atoms with van der Waals surface area (Å²) < 4.78 is 0.